The predicted octanol–water partition coefficient (Wildman–Crippen LogP) is 1.01. The van der Waals surface area contributed by atoms with Crippen molar-refractivity contribution in [1.82, 2.24) is 5.32 Å². The van der Waals surface area contributed by atoms with Gasteiger partial charge in [0.1, 0.15) is 0 Å². The molecule has 1 heterocycles. The Morgan fingerprint density at radius 3 is 2.25 bits per heavy atom. The van der Waals surface area contributed by atoms with Gasteiger partial charge in [-0.15, -0.1) is 0 Å². The molecule has 0 amide bonds. The van der Waals surface area contributed by atoms with E-state index in [0.717, 1.165) is 11.3 Å². The van der Waals surface area contributed by atoms with E-state index in [1.165, 1.54) is 25.9 Å². The standard InChI is InChI=1S/C7H13N/c1-6-2-3-7(6)4-8-5-7/h6,8H,2-5H2,1H3/t6-/m0/s1. The Hall–Kier alpha value is -0.0400. The number of rotatable bonds is 0. The van der Waals surface area contributed by atoms with Gasteiger partial charge in [-0.1, -0.05) is 6.92 Å². The Morgan fingerprint density at radius 2 is 2.25 bits per heavy atom. The van der Waals surface area contributed by atoms with Crippen LogP contribution in [0.25, 0.3) is 0 Å². The molecule has 1 saturated heterocycles. The molecule has 2 aliphatic rings. The first-order valence-electron chi connectivity index (χ1n) is 3.54. The number of hydrogen-bond donors (Lipinski definition) is 1. The van der Waals surface area contributed by atoms with Crippen LogP contribution in [-0.2, 0) is 0 Å². The molecule has 0 aromatic carbocycles. The van der Waals surface area contributed by atoms with Crippen LogP contribution in [0.2, 0.25) is 0 Å². The maximum atomic E-state index is 3.33. The van der Waals surface area contributed by atoms with Gasteiger partial charge in [-0.2, -0.15) is 0 Å². The van der Waals surface area contributed by atoms with Gasteiger partial charge >= 0.3 is 0 Å². The summed E-state index contributed by atoms with van der Waals surface area (Å²) in [4.78, 5) is 0. The van der Waals surface area contributed by atoms with Gasteiger partial charge in [-0.25, -0.2) is 0 Å². The van der Waals surface area contributed by atoms with Gasteiger partial charge in [0.05, 0.1) is 0 Å². The number of nitrogens with one attached hydrogen (secondary N) is 1. The molecule has 1 saturated carbocycles. The van der Waals surface area contributed by atoms with E-state index in [1.54, 1.807) is 0 Å². The van der Waals surface area contributed by atoms with E-state index in [9.17, 15) is 0 Å². The van der Waals surface area contributed by atoms with Crippen LogP contribution >= 0.6 is 0 Å². The summed E-state index contributed by atoms with van der Waals surface area (Å²) in [6, 6.07) is 0. The summed E-state index contributed by atoms with van der Waals surface area (Å²) in [6.45, 7) is 4.98. The number of hydrogen-bond acceptors (Lipinski definition) is 1. The predicted molar refractivity (Wildman–Crippen MR) is 33.7 cm³/mol. The monoisotopic (exact) mass is 111 g/mol. The SMILES string of the molecule is C[C@H]1CCC12CNC2. The van der Waals surface area contributed by atoms with Crippen molar-refractivity contribution in [3.05, 3.63) is 0 Å². The lowest BCUT2D eigenvalue weighted by Gasteiger charge is -2.55. The van der Waals surface area contributed by atoms with E-state index in [-0.39, 0.29) is 0 Å². The van der Waals surface area contributed by atoms with Crippen LogP contribution in [0.3, 0.4) is 0 Å². The van der Waals surface area contributed by atoms with Crippen molar-refractivity contribution in [3.8, 4) is 0 Å². The first kappa shape index (κ1) is 4.80. The molecule has 1 N–H and O–H groups in total. The molecule has 1 heteroatoms. The molecule has 1 nitrogen and oxygen atoms in total. The molecule has 46 valence electrons. The molecular formula is C7H13N. The quantitative estimate of drug-likeness (QED) is 0.492. The summed E-state index contributed by atoms with van der Waals surface area (Å²) >= 11 is 0. The average Bonchev–Trinajstić information content (AvgIpc) is 1.58. The first-order valence-corrected chi connectivity index (χ1v) is 3.54. The van der Waals surface area contributed by atoms with E-state index < -0.39 is 0 Å². The molecule has 0 radical (unpaired) electrons. The summed E-state index contributed by atoms with van der Waals surface area (Å²) in [7, 11) is 0. The maximum absolute atomic E-state index is 3.33. The van der Waals surface area contributed by atoms with Crippen molar-refractivity contribution in [2.45, 2.75) is 19.8 Å². The van der Waals surface area contributed by atoms with E-state index in [2.05, 4.69) is 12.2 Å². The molecule has 2 rings (SSSR count). The van der Waals surface area contributed by atoms with Crippen LogP contribution < -0.4 is 5.32 Å². The topological polar surface area (TPSA) is 12.0 Å². The van der Waals surface area contributed by atoms with E-state index >= 15 is 0 Å². The van der Waals surface area contributed by atoms with Crippen molar-refractivity contribution < 1.29 is 0 Å². The second-order valence-electron chi connectivity index (χ2n) is 3.41. The second-order valence-corrected chi connectivity index (χ2v) is 3.41. The van der Waals surface area contributed by atoms with E-state index in [1.807, 2.05) is 0 Å². The van der Waals surface area contributed by atoms with Crippen molar-refractivity contribution >= 4 is 0 Å². The third kappa shape index (κ3) is 0.368. The largest absolute Gasteiger partial charge is 0.316 e. The Labute approximate surface area is 50.5 Å². The first-order chi connectivity index (χ1) is 3.83. The molecule has 8 heavy (non-hydrogen) atoms. The molecule has 1 spiro atoms. The van der Waals surface area contributed by atoms with Crippen molar-refractivity contribution in [2.75, 3.05) is 13.1 Å². The van der Waals surface area contributed by atoms with Crippen molar-refractivity contribution in [3.63, 3.8) is 0 Å². The van der Waals surface area contributed by atoms with Gasteiger partial charge in [0.2, 0.25) is 0 Å². The van der Waals surface area contributed by atoms with Gasteiger partial charge in [0, 0.05) is 13.1 Å². The highest BCUT2D eigenvalue weighted by molar-refractivity contribution is 5.02. The molecule has 0 aromatic rings. The van der Waals surface area contributed by atoms with E-state index in [4.69, 9.17) is 0 Å². The Balaban J connectivity index is 2.03. The zero-order valence-corrected chi connectivity index (χ0v) is 5.41. The lowest BCUT2D eigenvalue weighted by molar-refractivity contribution is -0.0118. The second kappa shape index (κ2) is 1.27. The normalized spacial score (nSPS) is 40.9. The highest BCUT2D eigenvalue weighted by atomic mass is 15.0. The van der Waals surface area contributed by atoms with Crippen LogP contribution in [0.1, 0.15) is 19.8 Å². The smallest absolute Gasteiger partial charge is 0.00228 e. The summed E-state index contributed by atoms with van der Waals surface area (Å²) in [5.74, 6) is 1.02. The molecular weight excluding hydrogens is 98.1 g/mol. The summed E-state index contributed by atoms with van der Waals surface area (Å²) in [5.41, 5.74) is 0.792. The maximum Gasteiger partial charge on any atom is 0.00228 e. The zero-order chi connectivity index (χ0) is 5.61. The minimum atomic E-state index is 0.792. The Kier molecular flexibility index (Phi) is 0.762. The molecule has 0 unspecified atom stereocenters. The van der Waals surface area contributed by atoms with Crippen LogP contribution in [-0.4, -0.2) is 13.1 Å². The molecule has 1 aliphatic carbocycles. The Bertz CT molecular complexity index is 99.4. The van der Waals surface area contributed by atoms with E-state index in [0.29, 0.717) is 0 Å². The lowest BCUT2D eigenvalue weighted by Crippen LogP contribution is -2.61. The average molecular weight is 111 g/mol. The van der Waals surface area contributed by atoms with Gasteiger partial charge in [0.25, 0.3) is 0 Å². The molecule has 2 fully saturated rings. The van der Waals surface area contributed by atoms with Crippen LogP contribution in [0.4, 0.5) is 0 Å². The van der Waals surface area contributed by atoms with Gasteiger partial charge in [0.15, 0.2) is 0 Å². The summed E-state index contributed by atoms with van der Waals surface area (Å²) in [5, 5.41) is 3.33. The third-order valence-corrected chi connectivity index (χ3v) is 3.07. The van der Waals surface area contributed by atoms with Crippen LogP contribution in [0.5, 0.6) is 0 Å². The van der Waals surface area contributed by atoms with Gasteiger partial charge in [-0.3, -0.25) is 0 Å². The summed E-state index contributed by atoms with van der Waals surface area (Å²) in [6.07, 6.45) is 2.96. The molecule has 0 aromatic heterocycles. The summed E-state index contributed by atoms with van der Waals surface area (Å²) < 4.78 is 0. The van der Waals surface area contributed by atoms with Gasteiger partial charge < -0.3 is 5.32 Å². The highest BCUT2D eigenvalue weighted by Crippen LogP contribution is 2.48. The van der Waals surface area contributed by atoms with Gasteiger partial charge in [-0.05, 0) is 24.2 Å². The third-order valence-electron chi connectivity index (χ3n) is 3.07. The highest BCUT2D eigenvalue weighted by Gasteiger charge is 2.47. The minimum Gasteiger partial charge on any atom is -0.316 e. The van der Waals surface area contributed by atoms with Crippen LogP contribution in [0.15, 0.2) is 0 Å². The molecule has 1 atom stereocenters. The fraction of sp³-hybridized carbons (Fsp3) is 1.00. The van der Waals surface area contributed by atoms with Crippen molar-refractivity contribution in [1.29, 1.82) is 0 Å². The molecule has 1 aliphatic heterocycles. The van der Waals surface area contributed by atoms with Crippen LogP contribution in [0, 0.1) is 11.3 Å². The van der Waals surface area contributed by atoms with Crippen molar-refractivity contribution in [2.24, 2.45) is 11.3 Å². The minimum absolute atomic E-state index is 0.792. The fourth-order valence-electron chi connectivity index (χ4n) is 1.81. The lowest BCUT2D eigenvalue weighted by atomic mass is 9.57. The fourth-order valence-corrected chi connectivity index (χ4v) is 1.81. The molecule has 0 bridgehead atoms. The Morgan fingerprint density at radius 1 is 1.50 bits per heavy atom. The zero-order valence-electron chi connectivity index (χ0n) is 5.41.